The average molecular weight is 358 g/mol. The number of aromatic nitrogens is 3. The van der Waals surface area contributed by atoms with Crippen LogP contribution < -0.4 is 4.74 Å². The standard InChI is InChI=1S/C18H22N4O2S/c1-12-19-18-22(20-12)17(23)16(25-18)15(21-10-6-3-7-11-21)13-8-4-5-9-14(13)24-2/h4-5,8-9,15,23H,3,6-7,10-11H2,1-2H3/t15-/m1/s1. The molecule has 25 heavy (non-hydrogen) atoms. The molecule has 7 heteroatoms. The van der Waals surface area contributed by atoms with Crippen LogP contribution in [0, 0.1) is 6.92 Å². The first-order chi connectivity index (χ1) is 12.2. The second kappa shape index (κ2) is 6.65. The predicted molar refractivity (Wildman–Crippen MR) is 97.5 cm³/mol. The van der Waals surface area contributed by atoms with E-state index in [0.717, 1.165) is 34.2 Å². The van der Waals surface area contributed by atoms with E-state index >= 15 is 0 Å². The van der Waals surface area contributed by atoms with Crippen molar-refractivity contribution >= 4 is 16.3 Å². The van der Waals surface area contributed by atoms with Gasteiger partial charge >= 0.3 is 0 Å². The number of aromatic hydroxyl groups is 1. The van der Waals surface area contributed by atoms with E-state index in [4.69, 9.17) is 4.74 Å². The molecule has 1 aliphatic rings. The van der Waals surface area contributed by atoms with E-state index in [-0.39, 0.29) is 11.9 Å². The number of likely N-dealkylation sites (tertiary alicyclic amines) is 1. The summed E-state index contributed by atoms with van der Waals surface area (Å²) in [6.45, 7) is 3.85. The van der Waals surface area contributed by atoms with Gasteiger partial charge in [0.05, 0.1) is 18.0 Å². The third kappa shape index (κ3) is 2.87. The summed E-state index contributed by atoms with van der Waals surface area (Å²) in [5, 5.41) is 15.1. The monoisotopic (exact) mass is 358 g/mol. The number of ether oxygens (including phenoxy) is 1. The molecule has 0 spiro atoms. The lowest BCUT2D eigenvalue weighted by Crippen LogP contribution is -2.34. The molecule has 1 atom stereocenters. The maximum Gasteiger partial charge on any atom is 0.230 e. The minimum Gasteiger partial charge on any atom is -0.496 e. The summed E-state index contributed by atoms with van der Waals surface area (Å²) in [5.74, 6) is 1.69. The van der Waals surface area contributed by atoms with E-state index in [1.807, 2.05) is 25.1 Å². The zero-order chi connectivity index (χ0) is 17.4. The number of hydrogen-bond donors (Lipinski definition) is 1. The van der Waals surface area contributed by atoms with Crippen molar-refractivity contribution in [3.05, 3.63) is 40.5 Å². The largest absolute Gasteiger partial charge is 0.496 e. The maximum atomic E-state index is 10.8. The molecule has 0 unspecified atom stereocenters. The lowest BCUT2D eigenvalue weighted by molar-refractivity contribution is 0.184. The van der Waals surface area contributed by atoms with Crippen LogP contribution in [0.4, 0.5) is 0 Å². The first-order valence-corrected chi connectivity index (χ1v) is 9.42. The fourth-order valence-corrected chi connectivity index (χ4v) is 4.75. The van der Waals surface area contributed by atoms with Crippen LogP contribution >= 0.6 is 11.3 Å². The molecule has 3 heterocycles. The molecule has 0 bridgehead atoms. The number of para-hydroxylation sites is 1. The van der Waals surface area contributed by atoms with Crippen molar-refractivity contribution in [2.45, 2.75) is 32.2 Å². The number of aryl methyl sites for hydroxylation is 1. The van der Waals surface area contributed by atoms with Gasteiger partial charge in [0.25, 0.3) is 0 Å². The van der Waals surface area contributed by atoms with Crippen molar-refractivity contribution in [1.82, 2.24) is 19.5 Å². The van der Waals surface area contributed by atoms with Crippen LogP contribution in [-0.2, 0) is 0 Å². The van der Waals surface area contributed by atoms with Crippen molar-refractivity contribution in [3.63, 3.8) is 0 Å². The number of thiazole rings is 1. The van der Waals surface area contributed by atoms with Crippen molar-refractivity contribution in [2.75, 3.05) is 20.2 Å². The minimum absolute atomic E-state index is 0.0507. The summed E-state index contributed by atoms with van der Waals surface area (Å²) in [6.07, 6.45) is 3.61. The van der Waals surface area contributed by atoms with E-state index in [9.17, 15) is 5.11 Å². The van der Waals surface area contributed by atoms with Crippen molar-refractivity contribution in [1.29, 1.82) is 0 Å². The topological polar surface area (TPSA) is 62.9 Å². The maximum absolute atomic E-state index is 10.8. The Balaban J connectivity index is 1.86. The molecule has 1 saturated heterocycles. The Labute approximate surface area is 150 Å². The minimum atomic E-state index is -0.0507. The Morgan fingerprint density at radius 1 is 1.20 bits per heavy atom. The molecule has 3 aromatic rings. The number of benzene rings is 1. The first kappa shape index (κ1) is 16.4. The molecule has 6 nitrogen and oxygen atoms in total. The van der Waals surface area contributed by atoms with Crippen molar-refractivity contribution in [3.8, 4) is 11.6 Å². The van der Waals surface area contributed by atoms with Gasteiger partial charge in [0.2, 0.25) is 10.8 Å². The van der Waals surface area contributed by atoms with Gasteiger partial charge in [-0.3, -0.25) is 4.90 Å². The van der Waals surface area contributed by atoms with Crippen LogP contribution in [0.15, 0.2) is 24.3 Å². The molecule has 1 aromatic carbocycles. The van der Waals surface area contributed by atoms with E-state index in [1.165, 1.54) is 30.6 Å². The van der Waals surface area contributed by atoms with E-state index in [1.54, 1.807) is 11.6 Å². The van der Waals surface area contributed by atoms with Crippen LogP contribution in [0.2, 0.25) is 0 Å². The Hall–Kier alpha value is -2.12. The van der Waals surface area contributed by atoms with E-state index < -0.39 is 0 Å². The quantitative estimate of drug-likeness (QED) is 0.774. The van der Waals surface area contributed by atoms with Gasteiger partial charge in [0.15, 0.2) is 0 Å². The summed E-state index contributed by atoms with van der Waals surface area (Å²) < 4.78 is 7.15. The number of rotatable bonds is 4. The highest BCUT2D eigenvalue weighted by Gasteiger charge is 2.31. The van der Waals surface area contributed by atoms with Gasteiger partial charge in [-0.1, -0.05) is 36.0 Å². The molecule has 0 aliphatic carbocycles. The predicted octanol–water partition coefficient (Wildman–Crippen LogP) is 3.39. The van der Waals surface area contributed by atoms with E-state index in [2.05, 4.69) is 21.0 Å². The zero-order valence-electron chi connectivity index (χ0n) is 14.5. The summed E-state index contributed by atoms with van der Waals surface area (Å²) in [6, 6.07) is 8.00. The molecule has 4 rings (SSSR count). The Morgan fingerprint density at radius 2 is 1.96 bits per heavy atom. The number of methoxy groups -OCH3 is 1. The SMILES string of the molecule is COc1ccccc1[C@H](c1sc2nc(C)nn2c1O)N1CCCCC1. The van der Waals surface area contributed by atoms with Crippen LogP contribution in [0.1, 0.15) is 41.6 Å². The molecular weight excluding hydrogens is 336 g/mol. The molecule has 1 aliphatic heterocycles. The fraction of sp³-hybridized carbons (Fsp3) is 0.444. The van der Waals surface area contributed by atoms with Crippen LogP contribution in [0.3, 0.4) is 0 Å². The number of nitrogens with zero attached hydrogens (tertiary/aromatic N) is 4. The normalized spacial score (nSPS) is 17.0. The van der Waals surface area contributed by atoms with E-state index in [0.29, 0.717) is 5.82 Å². The Kier molecular flexibility index (Phi) is 4.35. The van der Waals surface area contributed by atoms with Crippen molar-refractivity contribution < 1.29 is 9.84 Å². The highest BCUT2D eigenvalue weighted by Crippen LogP contribution is 2.43. The highest BCUT2D eigenvalue weighted by atomic mass is 32.1. The lowest BCUT2D eigenvalue weighted by atomic mass is 9.99. The highest BCUT2D eigenvalue weighted by molar-refractivity contribution is 7.17. The molecule has 1 fully saturated rings. The molecule has 0 radical (unpaired) electrons. The number of fused-ring (bicyclic) bond motifs is 1. The van der Waals surface area contributed by atoms with Crippen molar-refractivity contribution in [2.24, 2.45) is 0 Å². The summed E-state index contributed by atoms with van der Waals surface area (Å²) in [4.78, 5) is 8.45. The summed E-state index contributed by atoms with van der Waals surface area (Å²) in [5.41, 5.74) is 1.07. The molecule has 0 amide bonds. The molecule has 132 valence electrons. The molecule has 1 N–H and O–H groups in total. The van der Waals surface area contributed by atoms with Gasteiger partial charge in [-0.2, -0.15) is 4.52 Å². The zero-order valence-corrected chi connectivity index (χ0v) is 15.3. The second-order valence-electron chi connectivity index (χ2n) is 6.38. The van der Waals surface area contributed by atoms with Gasteiger partial charge in [-0.15, -0.1) is 5.10 Å². The van der Waals surface area contributed by atoms with Gasteiger partial charge in [0, 0.05) is 5.56 Å². The van der Waals surface area contributed by atoms with Gasteiger partial charge in [-0.25, -0.2) is 4.98 Å². The molecule has 0 saturated carbocycles. The number of piperidine rings is 1. The van der Waals surface area contributed by atoms with Gasteiger partial charge < -0.3 is 9.84 Å². The summed E-state index contributed by atoms with van der Waals surface area (Å²) >= 11 is 1.50. The third-order valence-corrected chi connectivity index (χ3v) is 5.82. The second-order valence-corrected chi connectivity index (χ2v) is 7.39. The third-order valence-electron chi connectivity index (χ3n) is 4.74. The molecular formula is C18H22N4O2S. The van der Waals surface area contributed by atoms with Crippen LogP contribution in [0.5, 0.6) is 11.6 Å². The van der Waals surface area contributed by atoms with Crippen LogP contribution in [0.25, 0.3) is 4.96 Å². The summed E-state index contributed by atoms with van der Waals surface area (Å²) in [7, 11) is 1.69. The Morgan fingerprint density at radius 3 is 2.68 bits per heavy atom. The van der Waals surface area contributed by atoms with Gasteiger partial charge in [0.1, 0.15) is 11.6 Å². The average Bonchev–Trinajstić information content (AvgIpc) is 3.14. The smallest absolute Gasteiger partial charge is 0.230 e. The first-order valence-electron chi connectivity index (χ1n) is 8.61. The fourth-order valence-electron chi connectivity index (χ4n) is 3.60. The lowest BCUT2D eigenvalue weighted by Gasteiger charge is -2.34. The number of hydrogen-bond acceptors (Lipinski definition) is 6. The van der Waals surface area contributed by atoms with Gasteiger partial charge in [-0.05, 0) is 38.9 Å². The van der Waals surface area contributed by atoms with Crippen LogP contribution in [-0.4, -0.2) is 44.8 Å². The Bertz CT molecular complexity index is 882. The molecule has 2 aromatic heterocycles.